The summed E-state index contributed by atoms with van der Waals surface area (Å²) >= 11 is 0. The second-order valence-electron chi connectivity index (χ2n) is 8.06. The van der Waals surface area contributed by atoms with Crippen molar-refractivity contribution in [2.75, 3.05) is 11.9 Å². The Morgan fingerprint density at radius 2 is 1.72 bits per heavy atom. The molecule has 3 aromatic carbocycles. The number of benzene rings is 3. The van der Waals surface area contributed by atoms with E-state index in [1.165, 1.54) is 0 Å². The molecule has 0 aliphatic heterocycles. The first kappa shape index (κ1) is 20.9. The van der Waals surface area contributed by atoms with E-state index in [1.807, 2.05) is 55.5 Å². The summed E-state index contributed by atoms with van der Waals surface area (Å²) in [6.45, 7) is 9.21. The van der Waals surface area contributed by atoms with Crippen LogP contribution in [-0.4, -0.2) is 18.1 Å². The van der Waals surface area contributed by atoms with Gasteiger partial charge in [-0.25, -0.2) is 0 Å². The van der Waals surface area contributed by atoms with Gasteiger partial charge in [0.25, 0.3) is 5.91 Å². The van der Waals surface area contributed by atoms with Gasteiger partial charge < -0.3 is 15.4 Å². The zero-order valence-corrected chi connectivity index (χ0v) is 17.7. The van der Waals surface area contributed by atoms with Gasteiger partial charge in [0.15, 0.2) is 6.61 Å². The van der Waals surface area contributed by atoms with Gasteiger partial charge in [-0.15, -0.1) is 0 Å². The fourth-order valence-electron chi connectivity index (χ4n) is 3.06. The quantitative estimate of drug-likeness (QED) is 0.538. The summed E-state index contributed by atoms with van der Waals surface area (Å²) in [6, 6.07) is 20.0. The molecule has 1 amide bonds. The van der Waals surface area contributed by atoms with Crippen LogP contribution in [0.5, 0.6) is 5.75 Å². The summed E-state index contributed by atoms with van der Waals surface area (Å²) in [4.78, 5) is 12.4. The van der Waals surface area contributed by atoms with Gasteiger partial charge in [0, 0.05) is 23.3 Å². The Hall–Kier alpha value is -2.85. The van der Waals surface area contributed by atoms with E-state index in [4.69, 9.17) is 4.74 Å². The lowest BCUT2D eigenvalue weighted by Gasteiger charge is -2.26. The molecule has 3 aromatic rings. The van der Waals surface area contributed by atoms with Crippen LogP contribution in [-0.2, 0) is 11.3 Å². The number of anilines is 1. The van der Waals surface area contributed by atoms with Gasteiger partial charge >= 0.3 is 0 Å². The molecule has 0 heterocycles. The van der Waals surface area contributed by atoms with Crippen LogP contribution in [0, 0.1) is 6.92 Å². The third kappa shape index (κ3) is 5.58. The topological polar surface area (TPSA) is 50.4 Å². The number of fused-ring (bicyclic) bond motifs is 1. The summed E-state index contributed by atoms with van der Waals surface area (Å²) in [5.74, 6) is 0.567. The monoisotopic (exact) mass is 390 g/mol. The molecule has 0 saturated carbocycles. The number of rotatable bonds is 8. The molecule has 0 saturated heterocycles. The second-order valence-corrected chi connectivity index (χ2v) is 8.06. The molecule has 0 aliphatic carbocycles. The van der Waals surface area contributed by atoms with Crippen molar-refractivity contribution >= 4 is 22.4 Å². The molecule has 0 aromatic heterocycles. The molecule has 0 unspecified atom stereocenters. The molecule has 152 valence electrons. The molecule has 29 heavy (non-hydrogen) atoms. The van der Waals surface area contributed by atoms with Crippen LogP contribution >= 0.6 is 0 Å². The molecule has 0 radical (unpaired) electrons. The maximum Gasteiger partial charge on any atom is 0.262 e. The van der Waals surface area contributed by atoms with Crippen molar-refractivity contribution in [1.29, 1.82) is 0 Å². The molecule has 4 nitrogen and oxygen atoms in total. The summed E-state index contributed by atoms with van der Waals surface area (Å²) in [6.07, 6.45) is 1.02. The van der Waals surface area contributed by atoms with Gasteiger partial charge in [-0.2, -0.15) is 0 Å². The lowest BCUT2D eigenvalue weighted by Crippen LogP contribution is -2.38. The zero-order valence-electron chi connectivity index (χ0n) is 17.7. The molecule has 0 atom stereocenters. The van der Waals surface area contributed by atoms with Crippen molar-refractivity contribution in [1.82, 2.24) is 5.32 Å². The standard InChI is InChI=1S/C25H30N2O2/c1-5-25(3,4)26-16-22-21-9-7-6-8-19(21)12-15-23(22)29-17-24(28)27-20-13-10-18(2)11-14-20/h6-15,26H,5,16-17H2,1-4H3,(H,27,28). The predicted octanol–water partition coefficient (Wildman–Crippen LogP) is 5.44. The minimum Gasteiger partial charge on any atom is -0.483 e. The summed E-state index contributed by atoms with van der Waals surface area (Å²) in [5.41, 5.74) is 3.03. The van der Waals surface area contributed by atoms with Crippen LogP contribution in [0.15, 0.2) is 60.7 Å². The Labute approximate surface area is 173 Å². The molecule has 2 N–H and O–H groups in total. The maximum absolute atomic E-state index is 12.4. The highest BCUT2D eigenvalue weighted by atomic mass is 16.5. The first-order valence-electron chi connectivity index (χ1n) is 10.1. The lowest BCUT2D eigenvalue weighted by molar-refractivity contribution is -0.118. The fraction of sp³-hybridized carbons (Fsp3) is 0.320. The molecule has 3 rings (SSSR count). The van der Waals surface area contributed by atoms with Gasteiger partial charge in [0.05, 0.1) is 0 Å². The van der Waals surface area contributed by atoms with Crippen LogP contribution in [0.4, 0.5) is 5.69 Å². The van der Waals surface area contributed by atoms with E-state index >= 15 is 0 Å². The maximum atomic E-state index is 12.4. The largest absolute Gasteiger partial charge is 0.483 e. The number of nitrogens with one attached hydrogen (secondary N) is 2. The molecule has 4 heteroatoms. The van der Waals surface area contributed by atoms with E-state index in [0.29, 0.717) is 6.54 Å². The average molecular weight is 391 g/mol. The first-order valence-corrected chi connectivity index (χ1v) is 10.1. The Morgan fingerprint density at radius 3 is 2.45 bits per heavy atom. The number of amides is 1. The Balaban J connectivity index is 1.76. The number of carbonyl (C=O) groups is 1. The average Bonchev–Trinajstić information content (AvgIpc) is 2.72. The number of ether oxygens (including phenoxy) is 1. The van der Waals surface area contributed by atoms with Crippen LogP contribution in [0.25, 0.3) is 10.8 Å². The number of carbonyl (C=O) groups excluding carboxylic acids is 1. The number of hydrogen-bond acceptors (Lipinski definition) is 3. The van der Waals surface area contributed by atoms with Crippen LogP contribution in [0.2, 0.25) is 0 Å². The lowest BCUT2D eigenvalue weighted by atomic mass is 9.99. The summed E-state index contributed by atoms with van der Waals surface area (Å²) in [5, 5.41) is 8.80. The highest BCUT2D eigenvalue weighted by Gasteiger charge is 2.17. The zero-order chi connectivity index (χ0) is 20.9. The number of aryl methyl sites for hydroxylation is 1. The van der Waals surface area contributed by atoms with E-state index in [0.717, 1.165) is 39.8 Å². The van der Waals surface area contributed by atoms with Crippen molar-refractivity contribution in [3.8, 4) is 5.75 Å². The Bertz CT molecular complexity index is 978. The van der Waals surface area contributed by atoms with Crippen LogP contribution in [0.3, 0.4) is 0 Å². The Morgan fingerprint density at radius 1 is 1.00 bits per heavy atom. The summed E-state index contributed by atoms with van der Waals surface area (Å²) < 4.78 is 5.95. The first-order chi connectivity index (χ1) is 13.9. The smallest absolute Gasteiger partial charge is 0.262 e. The van der Waals surface area contributed by atoms with Crippen molar-refractivity contribution in [3.05, 3.63) is 71.8 Å². The fourth-order valence-corrected chi connectivity index (χ4v) is 3.06. The second kappa shape index (κ2) is 9.10. The van der Waals surface area contributed by atoms with Gasteiger partial charge in [0.1, 0.15) is 5.75 Å². The van der Waals surface area contributed by atoms with Gasteiger partial charge in [-0.1, -0.05) is 55.0 Å². The minimum absolute atomic E-state index is 0.0248. The van der Waals surface area contributed by atoms with E-state index in [2.05, 4.69) is 43.5 Å². The normalized spacial score (nSPS) is 11.4. The molecular weight excluding hydrogens is 360 g/mol. The molecule has 0 spiro atoms. The minimum atomic E-state index is -0.171. The SMILES string of the molecule is CCC(C)(C)NCc1c(OCC(=O)Nc2ccc(C)cc2)ccc2ccccc12. The van der Waals surface area contributed by atoms with Gasteiger partial charge in [-0.05, 0) is 56.2 Å². The molecule has 0 aliphatic rings. The molecule has 0 fully saturated rings. The Kier molecular flexibility index (Phi) is 6.55. The third-order valence-corrected chi connectivity index (χ3v) is 5.32. The van der Waals surface area contributed by atoms with Crippen molar-refractivity contribution in [2.45, 2.75) is 46.2 Å². The van der Waals surface area contributed by atoms with Crippen LogP contribution in [0.1, 0.15) is 38.3 Å². The highest BCUT2D eigenvalue weighted by Crippen LogP contribution is 2.29. The van der Waals surface area contributed by atoms with Crippen LogP contribution < -0.4 is 15.4 Å². The highest BCUT2D eigenvalue weighted by molar-refractivity contribution is 5.92. The van der Waals surface area contributed by atoms with E-state index in [-0.39, 0.29) is 18.1 Å². The van der Waals surface area contributed by atoms with E-state index in [9.17, 15) is 4.79 Å². The van der Waals surface area contributed by atoms with E-state index < -0.39 is 0 Å². The number of hydrogen-bond donors (Lipinski definition) is 2. The van der Waals surface area contributed by atoms with Crippen molar-refractivity contribution < 1.29 is 9.53 Å². The molecular formula is C25H30N2O2. The summed E-state index contributed by atoms with van der Waals surface area (Å²) in [7, 11) is 0. The third-order valence-electron chi connectivity index (χ3n) is 5.32. The van der Waals surface area contributed by atoms with Crippen molar-refractivity contribution in [3.63, 3.8) is 0 Å². The van der Waals surface area contributed by atoms with Gasteiger partial charge in [-0.3, -0.25) is 4.79 Å². The van der Waals surface area contributed by atoms with Crippen molar-refractivity contribution in [2.24, 2.45) is 0 Å². The van der Waals surface area contributed by atoms with Gasteiger partial charge in [0.2, 0.25) is 0 Å². The predicted molar refractivity (Wildman–Crippen MR) is 120 cm³/mol. The molecule has 0 bridgehead atoms. The van der Waals surface area contributed by atoms with E-state index in [1.54, 1.807) is 0 Å².